The Bertz CT molecular complexity index is 640. The Labute approximate surface area is 146 Å². The monoisotopic (exact) mass is 348 g/mol. The maximum atomic E-state index is 12.3. The van der Waals surface area contributed by atoms with Crippen LogP contribution in [0.15, 0.2) is 30.3 Å². The number of carbonyl (C=O) groups is 1. The predicted octanol–water partition coefficient (Wildman–Crippen LogP) is 2.45. The maximum absolute atomic E-state index is 12.3. The van der Waals surface area contributed by atoms with E-state index in [1.807, 2.05) is 51.1 Å². The van der Waals surface area contributed by atoms with Gasteiger partial charge in [0.25, 0.3) is 0 Å². The van der Waals surface area contributed by atoms with Crippen LogP contribution in [0.5, 0.6) is 0 Å². The molecule has 1 fully saturated rings. The molecule has 0 spiro atoms. The highest BCUT2D eigenvalue weighted by Crippen LogP contribution is 2.27. The Morgan fingerprint density at radius 2 is 2.00 bits per heavy atom. The second-order valence-corrected chi connectivity index (χ2v) is 9.01. The fraction of sp³-hybridized carbons (Fsp3) is 0.500. The van der Waals surface area contributed by atoms with Gasteiger partial charge in [0.1, 0.15) is 6.61 Å². The first-order valence-corrected chi connectivity index (χ1v) is 8.99. The lowest BCUT2D eigenvalue weighted by molar-refractivity contribution is 0.0323. The molecular weight excluding hydrogens is 324 g/mol. The minimum absolute atomic E-state index is 0.236. The number of terminal acetylenes is 1. The Morgan fingerprint density at radius 3 is 2.54 bits per heavy atom. The van der Waals surface area contributed by atoms with Gasteiger partial charge in [0.05, 0.1) is 21.3 Å². The molecule has 1 saturated heterocycles. The van der Waals surface area contributed by atoms with E-state index in [-0.39, 0.29) is 12.7 Å². The summed E-state index contributed by atoms with van der Waals surface area (Å²) in [6.07, 6.45) is 5.48. The van der Waals surface area contributed by atoms with Crippen molar-refractivity contribution in [2.75, 3.05) is 13.1 Å². The molecule has 5 nitrogen and oxygen atoms in total. The number of carbonyl (C=O) groups excluding carboxylic acids is 1. The van der Waals surface area contributed by atoms with Crippen LogP contribution in [0.3, 0.4) is 0 Å². The van der Waals surface area contributed by atoms with Crippen LogP contribution in [0.25, 0.3) is 0 Å². The van der Waals surface area contributed by atoms with Gasteiger partial charge in [0.15, 0.2) is 0 Å². The van der Waals surface area contributed by atoms with Crippen molar-refractivity contribution in [3.63, 3.8) is 0 Å². The second kappa shape index (κ2) is 7.37. The smallest absolute Gasteiger partial charge is 0.410 e. The van der Waals surface area contributed by atoms with Crippen LogP contribution in [-0.2, 0) is 22.3 Å². The lowest BCUT2D eigenvalue weighted by Gasteiger charge is -2.49. The summed E-state index contributed by atoms with van der Waals surface area (Å²) < 4.78 is 20.4. The highest BCUT2D eigenvalue weighted by Gasteiger charge is 2.47. The number of amides is 1. The number of nitrogens with one attached hydrogen (secondary N) is 1. The molecule has 1 heterocycles. The Kier molecular flexibility index (Phi) is 5.68. The standard InChI is InChI=1S/C18H24N2O3S/c1-5-11-18(19-24(22)17(2,3)4)13-20(14-18)16(21)23-12-15-9-7-6-8-10-15/h1,6-10,19H,11-14H2,2-4H3. The molecule has 0 bridgehead atoms. The lowest BCUT2D eigenvalue weighted by Crippen LogP contribution is -2.71. The molecule has 1 amide bonds. The van der Waals surface area contributed by atoms with Gasteiger partial charge < -0.3 is 9.64 Å². The van der Waals surface area contributed by atoms with Gasteiger partial charge in [-0.1, -0.05) is 30.3 Å². The summed E-state index contributed by atoms with van der Waals surface area (Å²) in [5.41, 5.74) is 0.437. The quantitative estimate of drug-likeness (QED) is 0.832. The van der Waals surface area contributed by atoms with Crippen LogP contribution in [0.1, 0.15) is 32.8 Å². The molecule has 2 rings (SSSR count). The number of rotatable bonds is 5. The van der Waals surface area contributed by atoms with Crippen LogP contribution in [0.2, 0.25) is 0 Å². The fourth-order valence-corrected chi connectivity index (χ4v) is 3.28. The Balaban J connectivity index is 1.88. The first kappa shape index (κ1) is 18.5. The molecule has 0 aromatic heterocycles. The molecular formula is C18H24N2O3S. The van der Waals surface area contributed by atoms with Crippen molar-refractivity contribution in [1.29, 1.82) is 0 Å². The van der Waals surface area contributed by atoms with Crippen molar-refractivity contribution in [1.82, 2.24) is 9.62 Å². The summed E-state index contributed by atoms with van der Waals surface area (Å²) >= 11 is 0. The molecule has 1 aliphatic heterocycles. The van der Waals surface area contributed by atoms with Gasteiger partial charge in [-0.05, 0) is 26.3 Å². The normalized spacial score (nSPS) is 17.5. The topological polar surface area (TPSA) is 58.6 Å². The average molecular weight is 348 g/mol. The van der Waals surface area contributed by atoms with Gasteiger partial charge in [-0.2, -0.15) is 0 Å². The summed E-state index contributed by atoms with van der Waals surface area (Å²) in [6.45, 7) is 6.71. The van der Waals surface area contributed by atoms with Crippen molar-refractivity contribution in [2.45, 2.75) is 44.1 Å². The summed E-state index contributed by atoms with van der Waals surface area (Å²) in [5, 5.41) is 0. The number of likely N-dealkylation sites (tertiary alicyclic amines) is 1. The zero-order valence-corrected chi connectivity index (χ0v) is 15.2. The van der Waals surface area contributed by atoms with Crippen molar-refractivity contribution in [3.05, 3.63) is 35.9 Å². The summed E-state index contributed by atoms with van der Waals surface area (Å²) in [6, 6.07) is 9.52. The summed E-state index contributed by atoms with van der Waals surface area (Å²) in [5.74, 6) is 2.61. The van der Waals surface area contributed by atoms with E-state index in [0.717, 1.165) is 5.56 Å². The van der Waals surface area contributed by atoms with E-state index in [1.54, 1.807) is 4.90 Å². The van der Waals surface area contributed by atoms with Gasteiger partial charge in [-0.25, -0.2) is 13.7 Å². The molecule has 6 heteroatoms. The molecule has 130 valence electrons. The number of ether oxygens (including phenoxy) is 1. The third-order valence-corrected chi connectivity index (χ3v) is 5.49. The van der Waals surface area contributed by atoms with Crippen molar-refractivity contribution in [3.8, 4) is 12.3 Å². The molecule has 1 unspecified atom stereocenters. The summed E-state index contributed by atoms with van der Waals surface area (Å²) in [4.78, 5) is 13.7. The van der Waals surface area contributed by atoms with Crippen molar-refractivity contribution >= 4 is 17.1 Å². The highest BCUT2D eigenvalue weighted by molar-refractivity contribution is 7.84. The SMILES string of the molecule is C#CCC1(NS(=O)C(C)(C)C)CN(C(=O)OCc2ccccc2)C1. The van der Waals surface area contributed by atoms with Crippen molar-refractivity contribution in [2.24, 2.45) is 0 Å². The van der Waals surface area contributed by atoms with Crippen LogP contribution >= 0.6 is 0 Å². The number of nitrogens with zero attached hydrogens (tertiary/aromatic N) is 1. The zero-order chi connectivity index (χ0) is 17.8. The van der Waals surface area contributed by atoms with E-state index in [4.69, 9.17) is 11.2 Å². The second-order valence-electron chi connectivity index (χ2n) is 7.04. The summed E-state index contributed by atoms with van der Waals surface area (Å²) in [7, 11) is -1.24. The highest BCUT2D eigenvalue weighted by atomic mass is 32.2. The first-order valence-electron chi connectivity index (χ1n) is 7.85. The van der Waals surface area contributed by atoms with Crippen molar-refractivity contribution < 1.29 is 13.7 Å². The fourth-order valence-electron chi connectivity index (χ4n) is 2.38. The molecule has 1 aromatic carbocycles. The van der Waals surface area contributed by atoms with E-state index < -0.39 is 21.3 Å². The lowest BCUT2D eigenvalue weighted by atomic mass is 9.88. The first-order chi connectivity index (χ1) is 11.3. The van der Waals surface area contributed by atoms with E-state index >= 15 is 0 Å². The van der Waals surface area contributed by atoms with Gasteiger partial charge in [0, 0.05) is 19.5 Å². The van der Waals surface area contributed by atoms with E-state index in [0.29, 0.717) is 19.5 Å². The maximum Gasteiger partial charge on any atom is 0.410 e. The molecule has 1 atom stereocenters. The number of hydrogen-bond acceptors (Lipinski definition) is 3. The number of hydrogen-bond donors (Lipinski definition) is 1. The minimum atomic E-state index is -1.24. The van der Waals surface area contributed by atoms with E-state index in [1.165, 1.54) is 0 Å². The van der Waals surface area contributed by atoms with E-state index in [2.05, 4.69) is 10.6 Å². The molecule has 1 aliphatic rings. The average Bonchev–Trinajstić information content (AvgIpc) is 2.49. The zero-order valence-electron chi connectivity index (χ0n) is 14.4. The Morgan fingerprint density at radius 1 is 1.38 bits per heavy atom. The predicted molar refractivity (Wildman–Crippen MR) is 95.4 cm³/mol. The molecule has 1 N–H and O–H groups in total. The molecule has 0 saturated carbocycles. The van der Waals surface area contributed by atoms with E-state index in [9.17, 15) is 9.00 Å². The van der Waals surface area contributed by atoms with Crippen LogP contribution < -0.4 is 4.72 Å². The third kappa shape index (κ3) is 4.59. The van der Waals surface area contributed by atoms with Gasteiger partial charge in [0.2, 0.25) is 0 Å². The molecule has 24 heavy (non-hydrogen) atoms. The van der Waals surface area contributed by atoms with Gasteiger partial charge in [-0.15, -0.1) is 12.3 Å². The molecule has 1 aromatic rings. The van der Waals surface area contributed by atoms with Gasteiger partial charge in [-0.3, -0.25) is 0 Å². The van der Waals surface area contributed by atoms with Crippen LogP contribution in [0.4, 0.5) is 4.79 Å². The van der Waals surface area contributed by atoms with Crippen LogP contribution in [0, 0.1) is 12.3 Å². The Hall–Kier alpha value is -1.84. The third-order valence-electron chi connectivity index (χ3n) is 3.76. The molecule has 0 radical (unpaired) electrons. The number of benzene rings is 1. The largest absolute Gasteiger partial charge is 0.445 e. The minimum Gasteiger partial charge on any atom is -0.445 e. The molecule has 0 aliphatic carbocycles. The van der Waals surface area contributed by atoms with Gasteiger partial charge >= 0.3 is 6.09 Å². The van der Waals surface area contributed by atoms with Crippen LogP contribution in [-0.4, -0.2) is 38.6 Å².